The Morgan fingerprint density at radius 2 is 1.92 bits per heavy atom. The Labute approximate surface area is 150 Å². The molecule has 1 heterocycles. The number of carbonyl (C=O) groups excluding carboxylic acids is 1. The molecule has 0 aliphatic rings. The third-order valence-corrected chi connectivity index (χ3v) is 5.18. The van der Waals surface area contributed by atoms with Gasteiger partial charge in [-0.15, -0.1) is 0 Å². The Morgan fingerprint density at radius 3 is 2.58 bits per heavy atom. The van der Waals surface area contributed by atoms with Crippen LogP contribution < -0.4 is 4.80 Å². The summed E-state index contributed by atoms with van der Waals surface area (Å²) in [6.07, 6.45) is 1.99. The van der Waals surface area contributed by atoms with Gasteiger partial charge in [-0.3, -0.25) is 4.79 Å². The van der Waals surface area contributed by atoms with Gasteiger partial charge in [0, 0.05) is 17.1 Å². The minimum Gasteiger partial charge on any atom is -0.316 e. The second-order valence-corrected chi connectivity index (χ2v) is 7.06. The molecule has 0 N–H and O–H groups in total. The van der Waals surface area contributed by atoms with E-state index in [-0.39, 0.29) is 5.91 Å². The van der Waals surface area contributed by atoms with Crippen LogP contribution in [0.5, 0.6) is 0 Å². The molecule has 0 atom stereocenters. The van der Waals surface area contributed by atoms with E-state index in [1.54, 1.807) is 35.6 Å². The van der Waals surface area contributed by atoms with Crippen LogP contribution in [-0.4, -0.2) is 10.5 Å². The number of thiazole rings is 1. The van der Waals surface area contributed by atoms with Crippen molar-refractivity contribution in [2.45, 2.75) is 33.2 Å². The highest BCUT2D eigenvalue weighted by molar-refractivity contribution is 7.16. The van der Waals surface area contributed by atoms with Gasteiger partial charge >= 0.3 is 0 Å². The summed E-state index contributed by atoms with van der Waals surface area (Å²) in [5.41, 5.74) is 2.99. The average molecular weight is 359 g/mol. The zero-order valence-electron chi connectivity index (χ0n) is 13.8. The number of fused-ring (bicyclic) bond motifs is 1. The van der Waals surface area contributed by atoms with Crippen LogP contribution in [0.4, 0.5) is 0 Å². The van der Waals surface area contributed by atoms with Gasteiger partial charge in [0.2, 0.25) is 0 Å². The molecular formula is C19H19ClN2OS. The number of nitrogens with zero attached hydrogens (tertiary/aromatic N) is 2. The van der Waals surface area contributed by atoms with E-state index in [1.165, 1.54) is 10.3 Å². The second-order valence-electron chi connectivity index (χ2n) is 5.62. The molecule has 0 unspecified atom stereocenters. The van der Waals surface area contributed by atoms with Crippen LogP contribution in [0.2, 0.25) is 5.02 Å². The van der Waals surface area contributed by atoms with Crippen LogP contribution in [0.25, 0.3) is 10.2 Å². The van der Waals surface area contributed by atoms with Gasteiger partial charge in [0.1, 0.15) is 0 Å². The van der Waals surface area contributed by atoms with Crippen LogP contribution in [0.15, 0.2) is 47.5 Å². The van der Waals surface area contributed by atoms with Gasteiger partial charge in [0.05, 0.1) is 10.2 Å². The number of halogens is 1. The van der Waals surface area contributed by atoms with Gasteiger partial charge in [0.25, 0.3) is 5.91 Å². The lowest BCUT2D eigenvalue weighted by molar-refractivity contribution is 0.0998. The molecule has 0 bridgehead atoms. The molecule has 24 heavy (non-hydrogen) atoms. The lowest BCUT2D eigenvalue weighted by Crippen LogP contribution is -2.16. The van der Waals surface area contributed by atoms with Crippen molar-refractivity contribution in [3.63, 3.8) is 0 Å². The molecule has 1 amide bonds. The third-order valence-electron chi connectivity index (χ3n) is 3.89. The average Bonchev–Trinajstić information content (AvgIpc) is 2.92. The summed E-state index contributed by atoms with van der Waals surface area (Å²) in [7, 11) is 0. The molecule has 0 aliphatic heterocycles. The van der Waals surface area contributed by atoms with Crippen molar-refractivity contribution >= 4 is 39.1 Å². The number of carbonyl (C=O) groups is 1. The molecule has 1 aromatic heterocycles. The molecule has 0 spiro atoms. The van der Waals surface area contributed by atoms with Crippen molar-refractivity contribution in [3.8, 4) is 0 Å². The number of hydrogen-bond donors (Lipinski definition) is 0. The van der Waals surface area contributed by atoms with Crippen LogP contribution in [0, 0.1) is 0 Å². The van der Waals surface area contributed by atoms with Gasteiger partial charge in [-0.25, -0.2) is 0 Å². The number of aryl methyl sites for hydroxylation is 2. The largest absolute Gasteiger partial charge is 0.316 e. The molecule has 3 aromatic rings. The fraction of sp³-hybridized carbons (Fsp3) is 0.263. The molecule has 0 saturated carbocycles. The molecule has 3 nitrogen and oxygen atoms in total. The van der Waals surface area contributed by atoms with Crippen molar-refractivity contribution in [2.24, 2.45) is 4.99 Å². The maximum atomic E-state index is 12.5. The Morgan fingerprint density at radius 1 is 1.17 bits per heavy atom. The highest BCUT2D eigenvalue weighted by Crippen LogP contribution is 2.20. The summed E-state index contributed by atoms with van der Waals surface area (Å²) in [5, 5.41) is 0.613. The van der Waals surface area contributed by atoms with Crippen LogP contribution >= 0.6 is 22.9 Å². The van der Waals surface area contributed by atoms with E-state index in [2.05, 4.69) is 41.6 Å². The SMILES string of the molecule is CCCn1c(=NC(=O)c2ccc(Cl)cc2)sc2cc(CC)ccc21. The van der Waals surface area contributed by atoms with Gasteiger partial charge in [-0.2, -0.15) is 4.99 Å². The molecule has 2 aromatic carbocycles. The molecule has 0 saturated heterocycles. The van der Waals surface area contributed by atoms with Crippen molar-refractivity contribution < 1.29 is 4.79 Å². The lowest BCUT2D eigenvalue weighted by atomic mass is 10.2. The molecule has 5 heteroatoms. The number of hydrogen-bond acceptors (Lipinski definition) is 2. The normalized spacial score (nSPS) is 12.0. The number of amides is 1. The number of rotatable bonds is 4. The first kappa shape index (κ1) is 16.9. The Hall–Kier alpha value is -1.91. The summed E-state index contributed by atoms with van der Waals surface area (Å²) >= 11 is 7.45. The van der Waals surface area contributed by atoms with Crippen molar-refractivity contribution in [1.82, 2.24) is 4.57 Å². The smallest absolute Gasteiger partial charge is 0.279 e. The fourth-order valence-corrected chi connectivity index (χ4v) is 3.85. The minimum atomic E-state index is -0.237. The summed E-state index contributed by atoms with van der Waals surface area (Å²) in [5.74, 6) is -0.237. The standard InChI is InChI=1S/C19H19ClN2OS/c1-3-11-22-16-10-5-13(4-2)12-17(16)24-19(22)21-18(23)14-6-8-15(20)9-7-14/h5-10,12H,3-4,11H2,1-2H3. The van der Waals surface area contributed by atoms with E-state index in [0.717, 1.165) is 29.7 Å². The molecule has 124 valence electrons. The molecular weight excluding hydrogens is 340 g/mol. The van der Waals surface area contributed by atoms with Crippen LogP contribution in [-0.2, 0) is 13.0 Å². The fourth-order valence-electron chi connectivity index (χ4n) is 2.61. The van der Waals surface area contributed by atoms with Gasteiger partial charge in [-0.1, -0.05) is 42.9 Å². The number of benzene rings is 2. The van der Waals surface area contributed by atoms with Gasteiger partial charge in [-0.05, 0) is 54.8 Å². The van der Waals surface area contributed by atoms with Gasteiger partial charge in [0.15, 0.2) is 4.80 Å². The molecule has 0 aliphatic carbocycles. The van der Waals surface area contributed by atoms with Crippen LogP contribution in [0.1, 0.15) is 36.2 Å². The maximum Gasteiger partial charge on any atom is 0.279 e. The zero-order chi connectivity index (χ0) is 17.1. The predicted molar refractivity (Wildman–Crippen MR) is 101 cm³/mol. The highest BCUT2D eigenvalue weighted by atomic mass is 35.5. The van der Waals surface area contributed by atoms with Crippen molar-refractivity contribution in [2.75, 3.05) is 0 Å². The number of aromatic nitrogens is 1. The quantitative estimate of drug-likeness (QED) is 0.641. The lowest BCUT2D eigenvalue weighted by Gasteiger charge is -2.03. The zero-order valence-corrected chi connectivity index (χ0v) is 15.3. The summed E-state index contributed by atoms with van der Waals surface area (Å²) in [6.45, 7) is 5.12. The first-order chi connectivity index (χ1) is 11.6. The van der Waals surface area contributed by atoms with Gasteiger partial charge < -0.3 is 4.57 Å². The summed E-state index contributed by atoms with van der Waals surface area (Å²) in [4.78, 5) is 17.6. The minimum absolute atomic E-state index is 0.237. The first-order valence-electron chi connectivity index (χ1n) is 8.09. The van der Waals surface area contributed by atoms with Crippen molar-refractivity contribution in [3.05, 3.63) is 63.4 Å². The van der Waals surface area contributed by atoms with Crippen molar-refractivity contribution in [1.29, 1.82) is 0 Å². The Bertz CT molecular complexity index is 938. The molecule has 0 fully saturated rings. The Balaban J connectivity index is 2.11. The molecule has 3 rings (SSSR count). The van der Waals surface area contributed by atoms with E-state index in [4.69, 9.17) is 11.6 Å². The van der Waals surface area contributed by atoms with Crippen LogP contribution in [0.3, 0.4) is 0 Å². The topological polar surface area (TPSA) is 34.4 Å². The highest BCUT2D eigenvalue weighted by Gasteiger charge is 2.09. The summed E-state index contributed by atoms with van der Waals surface area (Å²) in [6, 6.07) is 13.3. The maximum absolute atomic E-state index is 12.5. The Kier molecular flexibility index (Phi) is 5.17. The third kappa shape index (κ3) is 3.45. The van der Waals surface area contributed by atoms with E-state index in [9.17, 15) is 4.79 Å². The predicted octanol–water partition coefficient (Wildman–Crippen LogP) is 5.07. The first-order valence-corrected chi connectivity index (χ1v) is 9.28. The monoisotopic (exact) mass is 358 g/mol. The van der Waals surface area contributed by atoms with E-state index >= 15 is 0 Å². The second kappa shape index (κ2) is 7.32. The van der Waals surface area contributed by atoms with E-state index in [1.807, 2.05) is 0 Å². The molecule has 0 radical (unpaired) electrons. The van der Waals surface area contributed by atoms with E-state index < -0.39 is 0 Å². The van der Waals surface area contributed by atoms with E-state index in [0.29, 0.717) is 10.6 Å². The summed E-state index contributed by atoms with van der Waals surface area (Å²) < 4.78 is 3.30.